The zero-order valence-electron chi connectivity index (χ0n) is 8.81. The van der Waals surface area contributed by atoms with Crippen LogP contribution in [0.15, 0.2) is 21.2 Å². The van der Waals surface area contributed by atoms with E-state index in [-0.39, 0.29) is 0 Å². The molecule has 0 N–H and O–H groups in total. The second-order valence-corrected chi connectivity index (χ2v) is 3.32. The van der Waals surface area contributed by atoms with Crippen molar-refractivity contribution in [3.05, 3.63) is 21.2 Å². The molecule has 3 nitrogen and oxygen atoms in total. The molecule has 0 heterocycles. The summed E-state index contributed by atoms with van der Waals surface area (Å²) in [5, 5.41) is 0. The Balaban J connectivity index is -0.000000208. The third-order valence-electron chi connectivity index (χ3n) is 2.03. The predicted molar refractivity (Wildman–Crippen MR) is 52.8 cm³/mol. The SMILES string of the molecule is CC1=C(C)C(C)=[C]([Mn])C1.[C]=O.[C]=O.[C]=O. The summed E-state index contributed by atoms with van der Waals surface area (Å²) in [6, 6.07) is 0. The molecular formula is C11H11MnO3. The van der Waals surface area contributed by atoms with Crippen LogP contribution in [0.25, 0.3) is 0 Å². The Kier molecular flexibility index (Phi) is 17.0. The molecule has 80 valence electrons. The molecule has 4 heteroatoms. The van der Waals surface area contributed by atoms with Gasteiger partial charge in [-0.25, -0.2) is 0 Å². The first-order chi connectivity index (χ1) is 7.13. The first kappa shape index (κ1) is 19.6. The average molecular weight is 246 g/mol. The number of carbonyl (C=O) groups excluding carboxylic acids is 3. The summed E-state index contributed by atoms with van der Waals surface area (Å²) >= 11 is 3.52. The standard InChI is InChI=1S/C8H11.3CO.Mn/c1-6-4-5-7(2)8(6)3;3*1-2;/h4H2,1-3H3;;;;. The van der Waals surface area contributed by atoms with E-state index in [1.54, 1.807) is 0 Å². The van der Waals surface area contributed by atoms with Crippen LogP contribution in [0.1, 0.15) is 27.2 Å². The smallest absolute Gasteiger partial charge is 0.281 e. The monoisotopic (exact) mass is 246 g/mol. The number of hydrogen-bond donors (Lipinski definition) is 0. The molecule has 15 heavy (non-hydrogen) atoms. The Morgan fingerprint density at radius 3 is 1.27 bits per heavy atom. The van der Waals surface area contributed by atoms with E-state index in [0.717, 1.165) is 6.42 Å². The van der Waals surface area contributed by atoms with Crippen molar-refractivity contribution >= 4 is 20.4 Å². The third kappa shape index (κ3) is 7.00. The number of allylic oxidation sites excluding steroid dienone is 4. The molecule has 0 aromatic carbocycles. The number of rotatable bonds is 0. The van der Waals surface area contributed by atoms with Crippen LogP contribution in [0.3, 0.4) is 0 Å². The van der Waals surface area contributed by atoms with Crippen molar-refractivity contribution in [3.8, 4) is 0 Å². The minimum atomic E-state index is 1.12. The molecule has 0 amide bonds. The van der Waals surface area contributed by atoms with Crippen LogP contribution < -0.4 is 0 Å². The summed E-state index contributed by atoms with van der Waals surface area (Å²) in [6.07, 6.45) is 1.12. The largest absolute Gasteiger partial charge is 0.281 e. The van der Waals surface area contributed by atoms with Crippen LogP contribution >= 0.6 is 0 Å². The molecule has 0 atom stereocenters. The molecule has 0 aromatic heterocycles. The fraction of sp³-hybridized carbons (Fsp3) is 0.364. The van der Waals surface area contributed by atoms with E-state index in [4.69, 9.17) is 14.4 Å². The van der Waals surface area contributed by atoms with Gasteiger partial charge in [0.25, 0.3) is 20.4 Å². The molecule has 0 aromatic rings. The fourth-order valence-corrected chi connectivity index (χ4v) is 1.56. The van der Waals surface area contributed by atoms with Crippen molar-refractivity contribution in [2.24, 2.45) is 0 Å². The van der Waals surface area contributed by atoms with Gasteiger partial charge in [0.2, 0.25) is 0 Å². The normalized spacial score (nSPS) is 12.8. The topological polar surface area (TPSA) is 51.2 Å². The first-order valence-corrected chi connectivity index (χ1v) is 4.35. The second-order valence-electron chi connectivity index (χ2n) is 2.61. The van der Waals surface area contributed by atoms with Gasteiger partial charge in [-0.3, -0.25) is 14.4 Å². The Morgan fingerprint density at radius 1 is 0.867 bits per heavy atom. The first-order valence-electron chi connectivity index (χ1n) is 3.76. The maximum absolute atomic E-state index is 7.50. The van der Waals surface area contributed by atoms with Gasteiger partial charge in [0, 0.05) is 0 Å². The zero-order chi connectivity index (χ0) is 13.0. The summed E-state index contributed by atoms with van der Waals surface area (Å²) in [7, 11) is 0. The van der Waals surface area contributed by atoms with E-state index in [9.17, 15) is 0 Å². The van der Waals surface area contributed by atoms with Gasteiger partial charge >= 0.3 is 64.4 Å². The van der Waals surface area contributed by atoms with Crippen LogP contribution in [0.2, 0.25) is 0 Å². The molecule has 0 unspecified atom stereocenters. The third-order valence-corrected chi connectivity index (χ3v) is 2.68. The van der Waals surface area contributed by atoms with E-state index in [0.29, 0.717) is 0 Å². The van der Waals surface area contributed by atoms with Crippen molar-refractivity contribution in [1.82, 2.24) is 0 Å². The van der Waals surface area contributed by atoms with Crippen LogP contribution in [0.5, 0.6) is 0 Å². The quantitative estimate of drug-likeness (QED) is 0.606. The zero-order valence-corrected chi connectivity index (χ0v) is 9.99. The Labute approximate surface area is 99.4 Å². The van der Waals surface area contributed by atoms with Crippen LogP contribution in [-0.2, 0) is 30.4 Å². The van der Waals surface area contributed by atoms with Gasteiger partial charge in [0.1, 0.15) is 0 Å². The van der Waals surface area contributed by atoms with Crippen molar-refractivity contribution in [2.75, 3.05) is 0 Å². The van der Waals surface area contributed by atoms with Gasteiger partial charge in [-0.1, -0.05) is 0 Å². The van der Waals surface area contributed by atoms with Crippen molar-refractivity contribution in [1.29, 1.82) is 0 Å². The van der Waals surface area contributed by atoms with Gasteiger partial charge in [0.15, 0.2) is 0 Å². The molecule has 1 aliphatic rings. The molecule has 0 saturated carbocycles. The molecule has 0 bridgehead atoms. The summed E-state index contributed by atoms with van der Waals surface area (Å²) in [5.41, 5.74) is 4.38. The van der Waals surface area contributed by atoms with E-state index >= 15 is 0 Å². The van der Waals surface area contributed by atoms with Gasteiger partial charge in [0.05, 0.1) is 0 Å². The maximum Gasteiger partial charge on any atom is 0.281 e. The van der Waals surface area contributed by atoms with E-state index in [1.165, 1.54) is 21.2 Å². The molecular weight excluding hydrogens is 235 g/mol. The maximum atomic E-state index is 7.50. The minimum Gasteiger partial charge on any atom is -0.281 e. The van der Waals surface area contributed by atoms with Crippen LogP contribution in [0, 0.1) is 0 Å². The van der Waals surface area contributed by atoms with Crippen LogP contribution in [-0.4, -0.2) is 20.4 Å². The molecule has 6 radical (unpaired) electrons. The number of hydrogen-bond acceptors (Lipinski definition) is 3. The molecule has 1 rings (SSSR count). The summed E-state index contributed by atoms with van der Waals surface area (Å²) in [4.78, 5) is 22.5. The van der Waals surface area contributed by atoms with E-state index < -0.39 is 0 Å². The summed E-state index contributed by atoms with van der Waals surface area (Å²) in [5.74, 6) is 0. The Morgan fingerprint density at radius 2 is 1.20 bits per heavy atom. The average Bonchev–Trinajstić information content (AvgIpc) is 2.54. The molecule has 1 aliphatic carbocycles. The van der Waals surface area contributed by atoms with Gasteiger partial charge in [-0.15, -0.1) is 0 Å². The minimum absolute atomic E-state index is 1.12. The predicted octanol–water partition coefficient (Wildman–Crippen LogP) is 1.36. The van der Waals surface area contributed by atoms with Crippen LogP contribution in [0.4, 0.5) is 0 Å². The molecule has 0 aliphatic heterocycles. The van der Waals surface area contributed by atoms with E-state index in [1.807, 2.05) is 0 Å². The summed E-state index contributed by atoms with van der Waals surface area (Å²) in [6.45, 7) is 20.0. The van der Waals surface area contributed by atoms with Crippen molar-refractivity contribution < 1.29 is 30.4 Å². The Bertz CT molecular complexity index is 217. The Hall–Kier alpha value is -0.991. The molecule has 0 spiro atoms. The van der Waals surface area contributed by atoms with Gasteiger partial charge < -0.3 is 0 Å². The van der Waals surface area contributed by atoms with Gasteiger partial charge in [-0.2, -0.15) is 0 Å². The van der Waals surface area contributed by atoms with E-state index in [2.05, 4.69) is 57.2 Å². The molecule has 0 saturated heterocycles. The second kappa shape index (κ2) is 13.0. The van der Waals surface area contributed by atoms with Crippen molar-refractivity contribution in [2.45, 2.75) is 27.2 Å². The van der Waals surface area contributed by atoms with Gasteiger partial charge in [-0.05, 0) is 0 Å². The summed E-state index contributed by atoms with van der Waals surface area (Å²) < 4.78 is 1.36. The molecule has 0 fully saturated rings. The van der Waals surface area contributed by atoms with Crippen molar-refractivity contribution in [3.63, 3.8) is 0 Å². The fourth-order valence-electron chi connectivity index (χ4n) is 1.02.